The lowest BCUT2D eigenvalue weighted by atomic mass is 10.1. The number of carbonyl (C=O) groups is 2. The minimum atomic E-state index is -4.60. The smallest absolute Gasteiger partial charge is 0.416 e. The van der Waals surface area contributed by atoms with Gasteiger partial charge in [0.25, 0.3) is 0 Å². The van der Waals surface area contributed by atoms with Crippen LogP contribution < -0.4 is 26.0 Å². The van der Waals surface area contributed by atoms with E-state index in [9.17, 15) is 28.0 Å². The van der Waals surface area contributed by atoms with Gasteiger partial charge in [-0.2, -0.15) is 28.4 Å². The van der Waals surface area contributed by atoms with Gasteiger partial charge in [-0.05, 0) is 49.9 Å². The van der Waals surface area contributed by atoms with Crippen LogP contribution in [0.3, 0.4) is 0 Å². The third kappa shape index (κ3) is 10.0. The third-order valence-corrected chi connectivity index (χ3v) is 6.21. The van der Waals surface area contributed by atoms with E-state index in [0.717, 1.165) is 17.7 Å². The first-order valence-electron chi connectivity index (χ1n) is 13.4. The number of nitriles is 1. The van der Waals surface area contributed by atoms with Crippen LogP contribution in [0.2, 0.25) is 0 Å². The molecule has 0 saturated heterocycles. The number of hydrogen-bond acceptors (Lipinski definition) is 9. The van der Waals surface area contributed by atoms with Crippen molar-refractivity contribution in [3.05, 3.63) is 71.3 Å². The Morgan fingerprint density at radius 2 is 1.84 bits per heavy atom. The van der Waals surface area contributed by atoms with E-state index in [4.69, 9.17) is 15.2 Å². The normalized spacial score (nSPS) is 11.4. The van der Waals surface area contributed by atoms with Crippen LogP contribution in [0.5, 0.6) is 5.88 Å². The molecule has 2 amide bonds. The van der Waals surface area contributed by atoms with Crippen molar-refractivity contribution in [2.24, 2.45) is 0 Å². The summed E-state index contributed by atoms with van der Waals surface area (Å²) in [5, 5.41) is 15.0. The number of anilines is 3. The monoisotopic (exact) mass is 615 g/mol. The SMILES string of the molecule is C.CCOc1nc(N)nc(N(C)[C@@H](CCCCNC(=O)OCc2ccccc2)C(=O)Nc2cccc(C(F)(F)F)c2)c1C#N. The van der Waals surface area contributed by atoms with Gasteiger partial charge >= 0.3 is 12.3 Å². The number of halogens is 3. The first-order chi connectivity index (χ1) is 20.5. The number of nitrogens with one attached hydrogen (secondary N) is 2. The number of hydrogen-bond donors (Lipinski definition) is 3. The van der Waals surface area contributed by atoms with Crippen LogP contribution in [0, 0.1) is 11.3 Å². The Morgan fingerprint density at radius 3 is 2.50 bits per heavy atom. The number of likely N-dealkylation sites (N-methyl/N-ethyl adjacent to an activating group) is 1. The van der Waals surface area contributed by atoms with Crippen molar-refractivity contribution in [2.75, 3.05) is 36.1 Å². The summed E-state index contributed by atoms with van der Waals surface area (Å²) in [7, 11) is 1.51. The fourth-order valence-electron chi connectivity index (χ4n) is 4.11. The molecule has 0 aliphatic carbocycles. The summed E-state index contributed by atoms with van der Waals surface area (Å²) < 4.78 is 50.3. The summed E-state index contributed by atoms with van der Waals surface area (Å²) in [4.78, 5) is 35.0. The number of ether oxygens (including phenoxy) is 2. The first kappa shape index (κ1) is 35.1. The summed E-state index contributed by atoms with van der Waals surface area (Å²) in [6.07, 6.45) is -4.16. The molecular weight excluding hydrogens is 579 g/mol. The second-order valence-electron chi connectivity index (χ2n) is 9.31. The van der Waals surface area contributed by atoms with Crippen molar-refractivity contribution >= 4 is 29.5 Å². The van der Waals surface area contributed by atoms with Crippen molar-refractivity contribution in [1.82, 2.24) is 15.3 Å². The molecule has 1 heterocycles. The molecule has 0 aliphatic rings. The predicted molar refractivity (Wildman–Crippen MR) is 160 cm³/mol. The van der Waals surface area contributed by atoms with Crippen LogP contribution in [-0.2, 0) is 22.3 Å². The average Bonchev–Trinajstić information content (AvgIpc) is 2.97. The third-order valence-electron chi connectivity index (χ3n) is 6.21. The summed E-state index contributed by atoms with van der Waals surface area (Å²) in [5.41, 5.74) is 5.65. The van der Waals surface area contributed by atoms with Crippen LogP contribution in [0.1, 0.15) is 50.3 Å². The van der Waals surface area contributed by atoms with E-state index in [1.807, 2.05) is 36.4 Å². The Labute approximate surface area is 254 Å². The fourth-order valence-corrected chi connectivity index (χ4v) is 4.11. The molecule has 0 unspecified atom stereocenters. The van der Waals surface area contributed by atoms with Crippen LogP contribution in [0.25, 0.3) is 0 Å². The lowest BCUT2D eigenvalue weighted by Gasteiger charge is -2.29. The molecule has 0 radical (unpaired) electrons. The minimum Gasteiger partial charge on any atom is -0.477 e. The minimum absolute atomic E-state index is 0. The van der Waals surface area contributed by atoms with E-state index in [1.165, 1.54) is 24.1 Å². The first-order valence-corrected chi connectivity index (χ1v) is 13.4. The van der Waals surface area contributed by atoms with Crippen molar-refractivity contribution in [2.45, 2.75) is 52.4 Å². The van der Waals surface area contributed by atoms with Gasteiger partial charge in [0.05, 0.1) is 12.2 Å². The molecule has 4 N–H and O–H groups in total. The molecule has 44 heavy (non-hydrogen) atoms. The highest BCUT2D eigenvalue weighted by atomic mass is 19.4. The molecule has 0 fully saturated rings. The zero-order chi connectivity index (χ0) is 31.4. The Hall–Kier alpha value is -5.06. The number of nitrogen functional groups attached to an aromatic ring is 1. The van der Waals surface area contributed by atoms with E-state index in [0.29, 0.717) is 12.8 Å². The van der Waals surface area contributed by atoms with Crippen LogP contribution >= 0.6 is 0 Å². The van der Waals surface area contributed by atoms with Crippen molar-refractivity contribution in [1.29, 1.82) is 5.26 Å². The highest BCUT2D eigenvalue weighted by Gasteiger charge is 2.32. The number of amides is 2. The standard InChI is InChI=1S/C29H32F3N7O4.CH4/c1-3-42-26-22(17-33)24(37-27(34)38-26)39(2)23(25(40)36-21-13-9-12-20(16-21)29(30,31)32)14-7-8-15-35-28(41)43-18-19-10-5-4-6-11-19;/h4-6,9-13,16,23H,3,7-8,14-15,18H2,1-2H3,(H,35,41)(H,36,40)(H2,34,37,38);1H4/t23-;/m0./s1. The summed E-state index contributed by atoms with van der Waals surface area (Å²) >= 11 is 0. The Balaban J connectivity index is 0.00000675. The number of alkyl halides is 3. The molecular formula is C30H36F3N7O4. The molecule has 1 aromatic heterocycles. The summed E-state index contributed by atoms with van der Waals surface area (Å²) in [6.45, 7) is 2.24. The van der Waals surface area contributed by atoms with Crippen molar-refractivity contribution < 1.29 is 32.2 Å². The molecule has 0 spiro atoms. The van der Waals surface area contributed by atoms with E-state index in [1.54, 1.807) is 6.92 Å². The van der Waals surface area contributed by atoms with Crippen LogP contribution in [0.15, 0.2) is 54.6 Å². The van der Waals surface area contributed by atoms with Gasteiger partial charge in [0.1, 0.15) is 18.7 Å². The fraction of sp³-hybridized carbons (Fsp3) is 0.367. The lowest BCUT2D eigenvalue weighted by molar-refractivity contribution is -0.137. The molecule has 236 valence electrons. The maximum atomic E-state index is 13.5. The highest BCUT2D eigenvalue weighted by Crippen LogP contribution is 2.31. The van der Waals surface area contributed by atoms with Crippen molar-refractivity contribution in [3.63, 3.8) is 0 Å². The van der Waals surface area contributed by atoms with Gasteiger partial charge in [-0.1, -0.05) is 43.8 Å². The highest BCUT2D eigenvalue weighted by molar-refractivity contribution is 5.97. The number of benzene rings is 2. The van der Waals surface area contributed by atoms with Gasteiger partial charge in [0.15, 0.2) is 11.4 Å². The molecule has 1 atom stereocenters. The Bertz CT molecular complexity index is 1430. The van der Waals surface area contributed by atoms with Gasteiger partial charge in [0.2, 0.25) is 17.7 Å². The largest absolute Gasteiger partial charge is 0.477 e. The van der Waals surface area contributed by atoms with E-state index in [-0.39, 0.29) is 62.5 Å². The predicted octanol–water partition coefficient (Wildman–Crippen LogP) is 5.52. The molecule has 11 nitrogen and oxygen atoms in total. The zero-order valence-corrected chi connectivity index (χ0v) is 23.6. The van der Waals surface area contributed by atoms with Gasteiger partial charge in [0, 0.05) is 19.3 Å². The molecule has 0 saturated carbocycles. The van der Waals surface area contributed by atoms with Gasteiger partial charge < -0.3 is 30.7 Å². The second-order valence-corrected chi connectivity index (χ2v) is 9.31. The number of nitrogens with zero attached hydrogens (tertiary/aromatic N) is 4. The summed E-state index contributed by atoms with van der Waals surface area (Å²) in [5.74, 6) is -0.879. The van der Waals surface area contributed by atoms with Crippen LogP contribution in [0.4, 0.5) is 35.4 Å². The van der Waals surface area contributed by atoms with E-state index in [2.05, 4.69) is 20.6 Å². The topological polar surface area (TPSA) is 155 Å². The number of alkyl carbamates (subject to hydrolysis) is 1. The molecule has 0 aliphatic heterocycles. The van der Waals surface area contributed by atoms with Gasteiger partial charge in [-0.15, -0.1) is 0 Å². The van der Waals surface area contributed by atoms with Gasteiger partial charge in [-0.3, -0.25) is 4.79 Å². The molecule has 2 aromatic carbocycles. The van der Waals surface area contributed by atoms with E-state index >= 15 is 0 Å². The number of aromatic nitrogens is 2. The quantitative estimate of drug-likeness (QED) is 0.211. The number of nitrogens with two attached hydrogens (primary N) is 1. The molecule has 0 bridgehead atoms. The average molecular weight is 616 g/mol. The van der Waals surface area contributed by atoms with Crippen LogP contribution in [-0.4, -0.2) is 48.2 Å². The molecule has 14 heteroatoms. The number of unbranched alkanes of at least 4 members (excludes halogenated alkanes) is 1. The Morgan fingerprint density at radius 1 is 1.11 bits per heavy atom. The lowest BCUT2D eigenvalue weighted by Crippen LogP contribution is -2.43. The number of carbonyl (C=O) groups excluding carboxylic acids is 2. The zero-order valence-electron chi connectivity index (χ0n) is 23.6. The van der Waals surface area contributed by atoms with Crippen molar-refractivity contribution in [3.8, 4) is 11.9 Å². The second kappa shape index (κ2) is 16.5. The molecule has 3 rings (SSSR count). The van der Waals surface area contributed by atoms with Gasteiger partial charge in [-0.25, -0.2) is 4.79 Å². The Kier molecular flexibility index (Phi) is 13.2. The maximum absolute atomic E-state index is 13.5. The number of rotatable bonds is 13. The van der Waals surface area contributed by atoms with E-state index < -0.39 is 29.8 Å². The maximum Gasteiger partial charge on any atom is 0.416 e. The molecule has 3 aromatic rings. The summed E-state index contributed by atoms with van der Waals surface area (Å²) in [6, 6.07) is 14.4.